The zero-order valence-corrected chi connectivity index (χ0v) is 24.0. The van der Waals surface area contributed by atoms with Crippen molar-refractivity contribution in [1.82, 2.24) is 5.32 Å². The average Bonchev–Trinajstić information content (AvgIpc) is 2.92. The van der Waals surface area contributed by atoms with Gasteiger partial charge in [-0.3, -0.25) is 9.59 Å². The Morgan fingerprint density at radius 1 is 1.02 bits per heavy atom. The van der Waals surface area contributed by atoms with Crippen LogP contribution in [0.15, 0.2) is 65.0 Å². The molecular formula is C32H37NO7. The summed E-state index contributed by atoms with van der Waals surface area (Å²) < 4.78 is 22.2. The first-order chi connectivity index (χ1) is 19.2. The standard InChI is InChI=1S/C32H37NO7/c1-7-18(3)39-32(36)29-19(4)33-25-15-23(21-9-12-24(37-6)13-10-21)16-26(35)31(25)30(29)22-11-14-27(40-20(5)34)28(17-22)38-8-2/h9-14,17-18,23,30,33H,7-8,15-16H2,1-6H3/t18-,23+,30-/m0/s1. The van der Waals surface area contributed by atoms with Crippen LogP contribution in [0.2, 0.25) is 0 Å². The highest BCUT2D eigenvalue weighted by molar-refractivity contribution is 6.04. The van der Waals surface area contributed by atoms with Gasteiger partial charge in [0.1, 0.15) is 5.75 Å². The highest BCUT2D eigenvalue weighted by Crippen LogP contribution is 2.47. The number of carbonyl (C=O) groups excluding carboxylic acids is 3. The second-order valence-corrected chi connectivity index (χ2v) is 10.1. The van der Waals surface area contributed by atoms with E-state index in [4.69, 9.17) is 18.9 Å². The van der Waals surface area contributed by atoms with E-state index >= 15 is 0 Å². The van der Waals surface area contributed by atoms with Crippen molar-refractivity contribution >= 4 is 17.7 Å². The maximum absolute atomic E-state index is 13.9. The number of benzene rings is 2. The number of ether oxygens (including phenoxy) is 4. The molecule has 4 rings (SSSR count). The van der Waals surface area contributed by atoms with Crippen molar-refractivity contribution in [2.24, 2.45) is 0 Å². The largest absolute Gasteiger partial charge is 0.497 e. The summed E-state index contributed by atoms with van der Waals surface area (Å²) >= 11 is 0. The molecule has 1 heterocycles. The summed E-state index contributed by atoms with van der Waals surface area (Å²) in [6.45, 7) is 9.12. The zero-order valence-electron chi connectivity index (χ0n) is 24.0. The molecule has 0 spiro atoms. The maximum atomic E-state index is 13.9. The molecular weight excluding hydrogens is 510 g/mol. The summed E-state index contributed by atoms with van der Waals surface area (Å²) in [7, 11) is 1.62. The monoisotopic (exact) mass is 547 g/mol. The number of dihydropyridines is 1. The molecule has 1 aliphatic heterocycles. The molecule has 0 aromatic heterocycles. The number of carbonyl (C=O) groups is 3. The lowest BCUT2D eigenvalue weighted by atomic mass is 9.71. The Balaban J connectivity index is 1.81. The van der Waals surface area contributed by atoms with Crippen molar-refractivity contribution in [2.45, 2.75) is 71.8 Å². The number of esters is 2. The predicted molar refractivity (Wildman–Crippen MR) is 150 cm³/mol. The number of hydrogen-bond acceptors (Lipinski definition) is 8. The number of hydrogen-bond donors (Lipinski definition) is 1. The highest BCUT2D eigenvalue weighted by atomic mass is 16.6. The van der Waals surface area contributed by atoms with E-state index in [1.807, 2.05) is 52.0 Å². The topological polar surface area (TPSA) is 100 Å². The molecule has 40 heavy (non-hydrogen) atoms. The summed E-state index contributed by atoms with van der Waals surface area (Å²) in [5.74, 6) is -0.262. The minimum Gasteiger partial charge on any atom is -0.497 e. The normalized spacial score (nSPS) is 19.4. The lowest BCUT2D eigenvalue weighted by molar-refractivity contribution is -0.144. The van der Waals surface area contributed by atoms with Crippen LogP contribution in [-0.4, -0.2) is 37.5 Å². The second-order valence-electron chi connectivity index (χ2n) is 10.1. The van der Waals surface area contributed by atoms with Gasteiger partial charge in [0.25, 0.3) is 0 Å². The quantitative estimate of drug-likeness (QED) is 0.314. The van der Waals surface area contributed by atoms with Gasteiger partial charge in [0.2, 0.25) is 0 Å². The van der Waals surface area contributed by atoms with E-state index in [9.17, 15) is 14.4 Å². The minimum atomic E-state index is -0.664. The van der Waals surface area contributed by atoms with E-state index in [0.29, 0.717) is 54.0 Å². The fraction of sp³-hybridized carbons (Fsp3) is 0.406. The Kier molecular flexibility index (Phi) is 8.97. The van der Waals surface area contributed by atoms with Crippen LogP contribution in [0.4, 0.5) is 0 Å². The predicted octanol–water partition coefficient (Wildman–Crippen LogP) is 5.72. The van der Waals surface area contributed by atoms with Crippen molar-refractivity contribution in [2.75, 3.05) is 13.7 Å². The number of nitrogens with one attached hydrogen (secondary N) is 1. The van der Waals surface area contributed by atoms with Crippen molar-refractivity contribution in [3.8, 4) is 17.2 Å². The molecule has 0 unspecified atom stereocenters. The lowest BCUT2D eigenvalue weighted by Crippen LogP contribution is -2.36. The summed E-state index contributed by atoms with van der Waals surface area (Å²) in [6, 6.07) is 12.9. The third-order valence-corrected chi connectivity index (χ3v) is 7.37. The van der Waals surface area contributed by atoms with Crippen LogP contribution in [0.25, 0.3) is 0 Å². The third-order valence-electron chi connectivity index (χ3n) is 7.37. The first-order valence-electron chi connectivity index (χ1n) is 13.7. The smallest absolute Gasteiger partial charge is 0.337 e. The molecule has 0 radical (unpaired) electrons. The molecule has 8 nitrogen and oxygen atoms in total. The number of rotatable bonds is 9. The van der Waals surface area contributed by atoms with Gasteiger partial charge < -0.3 is 24.3 Å². The Morgan fingerprint density at radius 2 is 1.73 bits per heavy atom. The van der Waals surface area contributed by atoms with Gasteiger partial charge in [-0.25, -0.2) is 4.79 Å². The van der Waals surface area contributed by atoms with Crippen molar-refractivity contribution in [1.29, 1.82) is 0 Å². The third kappa shape index (κ3) is 6.06. The van der Waals surface area contributed by atoms with Crippen LogP contribution in [0.3, 0.4) is 0 Å². The minimum absolute atomic E-state index is 0.0166. The molecule has 3 atom stereocenters. The van der Waals surface area contributed by atoms with Crippen LogP contribution in [0, 0.1) is 0 Å². The van der Waals surface area contributed by atoms with Gasteiger partial charge >= 0.3 is 11.9 Å². The molecule has 0 fully saturated rings. The van der Waals surface area contributed by atoms with Gasteiger partial charge in [0, 0.05) is 36.2 Å². The lowest BCUT2D eigenvalue weighted by Gasteiger charge is -2.37. The summed E-state index contributed by atoms with van der Waals surface area (Å²) in [5.41, 5.74) is 4.10. The van der Waals surface area contributed by atoms with Crippen LogP contribution >= 0.6 is 0 Å². The van der Waals surface area contributed by atoms with Crippen LogP contribution in [0.5, 0.6) is 17.2 Å². The van der Waals surface area contributed by atoms with Gasteiger partial charge in [0.05, 0.1) is 25.4 Å². The van der Waals surface area contributed by atoms with Gasteiger partial charge in [0.15, 0.2) is 17.3 Å². The first-order valence-corrected chi connectivity index (χ1v) is 13.7. The Bertz CT molecular complexity index is 1360. The van der Waals surface area contributed by atoms with E-state index in [2.05, 4.69) is 5.32 Å². The number of ketones is 1. The number of allylic oxidation sites excluding steroid dienone is 3. The van der Waals surface area contributed by atoms with E-state index in [0.717, 1.165) is 17.0 Å². The van der Waals surface area contributed by atoms with Gasteiger partial charge in [-0.15, -0.1) is 0 Å². The number of methoxy groups -OCH3 is 1. The summed E-state index contributed by atoms with van der Waals surface area (Å²) in [6.07, 6.45) is 1.30. The molecule has 2 aliphatic rings. The Morgan fingerprint density at radius 3 is 2.35 bits per heavy atom. The fourth-order valence-corrected chi connectivity index (χ4v) is 5.30. The number of Topliss-reactive ketones (excluding diaryl/α,β-unsaturated/α-hetero) is 1. The molecule has 1 N–H and O–H groups in total. The fourth-order valence-electron chi connectivity index (χ4n) is 5.30. The molecule has 2 aromatic rings. The zero-order chi connectivity index (χ0) is 29.0. The van der Waals surface area contributed by atoms with Crippen molar-refractivity contribution in [3.63, 3.8) is 0 Å². The molecule has 2 aromatic carbocycles. The van der Waals surface area contributed by atoms with Crippen LogP contribution in [0.1, 0.15) is 76.8 Å². The maximum Gasteiger partial charge on any atom is 0.337 e. The Labute approximate surface area is 235 Å². The Hall–Kier alpha value is -4.07. The van der Waals surface area contributed by atoms with Crippen molar-refractivity contribution in [3.05, 3.63) is 76.1 Å². The van der Waals surface area contributed by atoms with E-state index < -0.39 is 17.9 Å². The molecule has 212 valence electrons. The van der Waals surface area contributed by atoms with Crippen LogP contribution in [-0.2, 0) is 19.1 Å². The van der Waals surface area contributed by atoms with Gasteiger partial charge in [-0.05, 0) is 74.9 Å². The van der Waals surface area contributed by atoms with E-state index in [1.54, 1.807) is 25.3 Å². The van der Waals surface area contributed by atoms with Gasteiger partial charge in [-0.2, -0.15) is 0 Å². The molecule has 0 saturated heterocycles. The highest BCUT2D eigenvalue weighted by Gasteiger charge is 2.42. The summed E-state index contributed by atoms with van der Waals surface area (Å²) in [4.78, 5) is 39.1. The second kappa shape index (κ2) is 12.4. The molecule has 0 saturated carbocycles. The molecule has 0 amide bonds. The molecule has 8 heteroatoms. The first kappa shape index (κ1) is 28.9. The van der Waals surface area contributed by atoms with E-state index in [-0.39, 0.29) is 23.6 Å². The van der Waals surface area contributed by atoms with Gasteiger partial charge in [-0.1, -0.05) is 25.1 Å². The van der Waals surface area contributed by atoms with E-state index in [1.165, 1.54) is 6.92 Å². The van der Waals surface area contributed by atoms with Crippen molar-refractivity contribution < 1.29 is 33.3 Å². The average molecular weight is 548 g/mol. The molecule has 1 aliphatic carbocycles. The van der Waals surface area contributed by atoms with Crippen LogP contribution < -0.4 is 19.5 Å². The summed E-state index contributed by atoms with van der Waals surface area (Å²) in [5, 5.41) is 3.38. The SMILES string of the molecule is CCOc1cc([C@H]2C(C(=O)O[C@@H](C)CC)=C(C)NC3=C2C(=O)C[C@H](c2ccc(OC)cc2)C3)ccc1OC(C)=O. The molecule has 0 bridgehead atoms.